The molecule has 1 atom stereocenters. The quantitative estimate of drug-likeness (QED) is 0.832. The first kappa shape index (κ1) is 17.2. The van der Waals surface area contributed by atoms with Crippen molar-refractivity contribution in [3.63, 3.8) is 0 Å². The van der Waals surface area contributed by atoms with Crippen LogP contribution in [0.4, 0.5) is 0 Å². The van der Waals surface area contributed by atoms with Gasteiger partial charge in [0.15, 0.2) is 5.03 Å². The number of aliphatic carboxylic acids is 1. The molecule has 1 aromatic heterocycles. The van der Waals surface area contributed by atoms with Crippen molar-refractivity contribution in [1.29, 1.82) is 0 Å². The number of carboxylic acid groups (broad SMARTS) is 1. The molecule has 0 radical (unpaired) electrons. The van der Waals surface area contributed by atoms with Crippen molar-refractivity contribution in [1.82, 2.24) is 14.5 Å². The Bertz CT molecular complexity index is 827. The van der Waals surface area contributed by atoms with Gasteiger partial charge in [0.25, 0.3) is 10.0 Å². The van der Waals surface area contributed by atoms with Gasteiger partial charge in [0.1, 0.15) is 0 Å². The molecule has 0 aliphatic heterocycles. The van der Waals surface area contributed by atoms with Crippen LogP contribution in [0.25, 0.3) is 0 Å². The molecule has 7 nitrogen and oxygen atoms in total. The van der Waals surface area contributed by atoms with Crippen LogP contribution < -0.4 is 4.72 Å². The Kier molecular flexibility index (Phi) is 4.86. The zero-order valence-corrected chi connectivity index (χ0v) is 14.0. The van der Waals surface area contributed by atoms with Crippen LogP contribution in [-0.2, 0) is 21.9 Å². The van der Waals surface area contributed by atoms with Crippen LogP contribution in [-0.4, -0.2) is 29.3 Å². The Balaban J connectivity index is 2.42. The lowest BCUT2D eigenvalue weighted by Crippen LogP contribution is -2.32. The lowest BCUT2D eigenvalue weighted by atomic mass is 9.96. The molecular formula is C15H19N3O4S. The van der Waals surface area contributed by atoms with E-state index in [0.717, 1.165) is 11.1 Å². The predicted octanol–water partition coefficient (Wildman–Crippen LogP) is 1.53. The SMILES string of the molecule is Cc1cccc(C(CC(=O)O)NS(=O)(=O)c2ccnn2C)c1C. The Morgan fingerprint density at radius 3 is 2.61 bits per heavy atom. The Labute approximate surface area is 135 Å². The fourth-order valence-electron chi connectivity index (χ4n) is 2.41. The highest BCUT2D eigenvalue weighted by Gasteiger charge is 2.26. The van der Waals surface area contributed by atoms with Gasteiger partial charge in [-0.1, -0.05) is 18.2 Å². The minimum Gasteiger partial charge on any atom is -0.481 e. The van der Waals surface area contributed by atoms with Gasteiger partial charge >= 0.3 is 5.97 Å². The van der Waals surface area contributed by atoms with Crippen LogP contribution >= 0.6 is 0 Å². The lowest BCUT2D eigenvalue weighted by molar-refractivity contribution is -0.137. The van der Waals surface area contributed by atoms with Gasteiger partial charge in [-0.25, -0.2) is 13.1 Å². The maximum Gasteiger partial charge on any atom is 0.305 e. The molecule has 0 amide bonds. The van der Waals surface area contributed by atoms with E-state index in [1.54, 1.807) is 12.1 Å². The van der Waals surface area contributed by atoms with Crippen LogP contribution in [0, 0.1) is 13.8 Å². The number of benzene rings is 1. The highest BCUT2D eigenvalue weighted by Crippen LogP contribution is 2.25. The van der Waals surface area contributed by atoms with E-state index in [1.807, 2.05) is 19.9 Å². The van der Waals surface area contributed by atoms with Crippen LogP contribution in [0.2, 0.25) is 0 Å². The zero-order chi connectivity index (χ0) is 17.2. The first-order chi connectivity index (χ1) is 10.7. The summed E-state index contributed by atoms with van der Waals surface area (Å²) in [7, 11) is -2.37. The van der Waals surface area contributed by atoms with Crippen LogP contribution in [0.5, 0.6) is 0 Å². The summed E-state index contributed by atoms with van der Waals surface area (Å²) in [6.07, 6.45) is 1.03. The molecule has 0 spiro atoms. The van der Waals surface area contributed by atoms with Crippen molar-refractivity contribution in [3.8, 4) is 0 Å². The standard InChI is InChI=1S/C15H19N3O4S/c1-10-5-4-6-12(11(10)2)13(9-15(19)20)17-23(21,22)14-7-8-16-18(14)3/h4-8,13,17H,9H2,1-3H3,(H,19,20). The van der Waals surface area contributed by atoms with E-state index in [2.05, 4.69) is 9.82 Å². The number of sulfonamides is 1. The third kappa shape index (κ3) is 3.77. The van der Waals surface area contributed by atoms with E-state index in [-0.39, 0.29) is 11.4 Å². The van der Waals surface area contributed by atoms with E-state index in [0.29, 0.717) is 5.56 Å². The number of hydrogen-bond acceptors (Lipinski definition) is 4. The molecule has 0 aliphatic carbocycles. The summed E-state index contributed by atoms with van der Waals surface area (Å²) in [5.74, 6) is -1.08. The molecule has 0 bridgehead atoms. The van der Waals surface area contributed by atoms with Crippen molar-refractivity contribution in [2.75, 3.05) is 0 Å². The maximum atomic E-state index is 12.5. The van der Waals surface area contributed by atoms with Gasteiger partial charge in [-0.05, 0) is 36.6 Å². The summed E-state index contributed by atoms with van der Waals surface area (Å²) in [5.41, 5.74) is 2.49. The topological polar surface area (TPSA) is 101 Å². The second kappa shape index (κ2) is 6.51. The number of aryl methyl sites for hydroxylation is 2. The van der Waals surface area contributed by atoms with E-state index in [9.17, 15) is 13.2 Å². The van der Waals surface area contributed by atoms with Gasteiger partial charge in [0.05, 0.1) is 18.7 Å². The number of carbonyl (C=O) groups is 1. The molecule has 0 saturated heterocycles. The average Bonchev–Trinajstić information content (AvgIpc) is 2.87. The van der Waals surface area contributed by atoms with Crippen molar-refractivity contribution < 1.29 is 18.3 Å². The highest BCUT2D eigenvalue weighted by molar-refractivity contribution is 7.89. The first-order valence-corrected chi connectivity index (χ1v) is 8.49. The second-order valence-corrected chi connectivity index (χ2v) is 7.01. The van der Waals surface area contributed by atoms with Gasteiger partial charge in [-0.3, -0.25) is 9.48 Å². The second-order valence-electron chi connectivity index (χ2n) is 5.35. The number of nitrogens with zero attached hydrogens (tertiary/aromatic N) is 2. The highest BCUT2D eigenvalue weighted by atomic mass is 32.2. The van der Waals surface area contributed by atoms with Gasteiger partial charge in [-0.2, -0.15) is 5.10 Å². The molecule has 1 aromatic carbocycles. The molecule has 0 saturated carbocycles. The molecule has 0 fully saturated rings. The monoisotopic (exact) mass is 337 g/mol. The predicted molar refractivity (Wildman–Crippen MR) is 84.4 cm³/mol. The molecule has 2 N–H and O–H groups in total. The summed E-state index contributed by atoms with van der Waals surface area (Å²) in [6, 6.07) is 5.93. The minimum atomic E-state index is -3.88. The molecular weight excluding hydrogens is 318 g/mol. The summed E-state index contributed by atoms with van der Waals surface area (Å²) in [5, 5.41) is 13.0. The third-order valence-corrected chi connectivity index (χ3v) is 5.30. The number of rotatable bonds is 6. The van der Waals surface area contributed by atoms with E-state index >= 15 is 0 Å². The van der Waals surface area contributed by atoms with Gasteiger partial charge in [-0.15, -0.1) is 0 Å². The first-order valence-electron chi connectivity index (χ1n) is 7.00. The van der Waals surface area contributed by atoms with Crippen molar-refractivity contribution >= 4 is 16.0 Å². The zero-order valence-electron chi connectivity index (χ0n) is 13.1. The minimum absolute atomic E-state index is 0.0156. The summed E-state index contributed by atoms with van der Waals surface area (Å²) in [6.45, 7) is 3.74. The fourth-order valence-corrected chi connectivity index (χ4v) is 3.75. The number of hydrogen-bond donors (Lipinski definition) is 2. The molecule has 2 rings (SSSR count). The largest absolute Gasteiger partial charge is 0.481 e. The smallest absolute Gasteiger partial charge is 0.305 e. The summed E-state index contributed by atoms with van der Waals surface area (Å²) >= 11 is 0. The van der Waals surface area contributed by atoms with Crippen molar-refractivity contribution in [3.05, 3.63) is 47.2 Å². The van der Waals surface area contributed by atoms with Crippen molar-refractivity contribution in [2.24, 2.45) is 7.05 Å². The number of carboxylic acids is 1. The number of nitrogens with one attached hydrogen (secondary N) is 1. The lowest BCUT2D eigenvalue weighted by Gasteiger charge is -2.20. The average molecular weight is 337 g/mol. The van der Waals surface area contributed by atoms with Crippen LogP contribution in [0.1, 0.15) is 29.2 Å². The van der Waals surface area contributed by atoms with Crippen molar-refractivity contribution in [2.45, 2.75) is 31.3 Å². The Morgan fingerprint density at radius 2 is 2.04 bits per heavy atom. The molecule has 23 heavy (non-hydrogen) atoms. The molecule has 1 unspecified atom stereocenters. The molecule has 1 heterocycles. The van der Waals surface area contributed by atoms with E-state index < -0.39 is 22.0 Å². The van der Waals surface area contributed by atoms with E-state index in [1.165, 1.54) is 24.0 Å². The van der Waals surface area contributed by atoms with Crippen LogP contribution in [0.15, 0.2) is 35.5 Å². The van der Waals surface area contributed by atoms with Gasteiger partial charge in [0.2, 0.25) is 0 Å². The summed E-state index contributed by atoms with van der Waals surface area (Å²) in [4.78, 5) is 11.2. The Morgan fingerprint density at radius 1 is 1.35 bits per heavy atom. The molecule has 2 aromatic rings. The summed E-state index contributed by atoms with van der Waals surface area (Å²) < 4.78 is 28.7. The maximum absolute atomic E-state index is 12.5. The van der Waals surface area contributed by atoms with Crippen LogP contribution in [0.3, 0.4) is 0 Å². The normalized spacial score (nSPS) is 13.0. The number of aromatic nitrogens is 2. The Hall–Kier alpha value is -2.19. The van der Waals surface area contributed by atoms with Gasteiger partial charge < -0.3 is 5.11 Å². The molecule has 8 heteroatoms. The fraction of sp³-hybridized carbons (Fsp3) is 0.333. The third-order valence-electron chi connectivity index (χ3n) is 3.75. The van der Waals surface area contributed by atoms with E-state index in [4.69, 9.17) is 5.11 Å². The molecule has 0 aliphatic rings. The van der Waals surface area contributed by atoms with Gasteiger partial charge in [0, 0.05) is 7.05 Å². The molecule has 124 valence electrons.